The summed E-state index contributed by atoms with van der Waals surface area (Å²) in [6, 6.07) is 6.80. The van der Waals surface area contributed by atoms with Crippen LogP contribution in [0.4, 0.5) is 5.69 Å². The Morgan fingerprint density at radius 1 is 1.32 bits per heavy atom. The highest BCUT2D eigenvalue weighted by Gasteiger charge is 2.05. The monoisotopic (exact) mass is 280 g/mol. The van der Waals surface area contributed by atoms with Gasteiger partial charge >= 0.3 is 0 Å². The first kappa shape index (κ1) is 16.4. The van der Waals surface area contributed by atoms with Crippen LogP contribution in [-0.4, -0.2) is 32.1 Å². The molecule has 2 nitrogen and oxygen atoms in total. The molecule has 0 bridgehead atoms. The number of nitrogens with one attached hydrogen (secondary N) is 1. The highest BCUT2D eigenvalue weighted by Crippen LogP contribution is 2.20. The molecule has 108 valence electrons. The third-order valence-corrected chi connectivity index (χ3v) is 3.78. The van der Waals surface area contributed by atoms with E-state index in [0.717, 1.165) is 19.6 Å². The molecule has 0 spiro atoms. The quantitative estimate of drug-likeness (QED) is 0.784. The minimum absolute atomic E-state index is 0.707. The summed E-state index contributed by atoms with van der Waals surface area (Å²) in [5.41, 5.74) is 4.09. The van der Waals surface area contributed by atoms with E-state index in [4.69, 9.17) is 0 Å². The fourth-order valence-electron chi connectivity index (χ4n) is 2.11. The van der Waals surface area contributed by atoms with Crippen molar-refractivity contribution in [1.29, 1.82) is 0 Å². The fourth-order valence-corrected chi connectivity index (χ4v) is 2.57. The molecule has 0 heterocycles. The van der Waals surface area contributed by atoms with Crippen molar-refractivity contribution >= 4 is 17.4 Å². The summed E-state index contributed by atoms with van der Waals surface area (Å²) in [7, 11) is 2.18. The van der Waals surface area contributed by atoms with Crippen LogP contribution in [0.5, 0.6) is 0 Å². The lowest BCUT2D eigenvalue weighted by Crippen LogP contribution is -2.22. The van der Waals surface area contributed by atoms with Crippen molar-refractivity contribution in [2.24, 2.45) is 5.92 Å². The topological polar surface area (TPSA) is 15.3 Å². The van der Waals surface area contributed by atoms with Crippen LogP contribution in [0.2, 0.25) is 0 Å². The Balaban J connectivity index is 2.58. The zero-order valence-corrected chi connectivity index (χ0v) is 13.8. The number of nitrogens with zero attached hydrogens (tertiary/aromatic N) is 1. The van der Waals surface area contributed by atoms with Gasteiger partial charge in [0.1, 0.15) is 0 Å². The van der Waals surface area contributed by atoms with Crippen LogP contribution in [0.25, 0.3) is 0 Å². The molecular weight excluding hydrogens is 252 g/mol. The minimum atomic E-state index is 0.707. The highest BCUT2D eigenvalue weighted by atomic mass is 32.2. The molecular formula is C16H28N2S. The van der Waals surface area contributed by atoms with Crippen molar-refractivity contribution in [3.05, 3.63) is 29.3 Å². The van der Waals surface area contributed by atoms with Crippen molar-refractivity contribution in [1.82, 2.24) is 5.32 Å². The zero-order chi connectivity index (χ0) is 14.3. The number of thioether (sulfide) groups is 1. The molecule has 0 aromatic heterocycles. The molecule has 0 fully saturated rings. The first-order valence-corrected chi connectivity index (χ1v) is 8.44. The van der Waals surface area contributed by atoms with E-state index < -0.39 is 0 Å². The SMILES string of the molecule is CSCCN(C)c1ccc(CNCC(C)C)cc1C. The molecule has 0 aliphatic heterocycles. The van der Waals surface area contributed by atoms with Crippen LogP contribution in [0, 0.1) is 12.8 Å². The van der Waals surface area contributed by atoms with Gasteiger partial charge in [0.15, 0.2) is 0 Å². The average Bonchev–Trinajstić information content (AvgIpc) is 2.35. The second kappa shape index (κ2) is 8.49. The van der Waals surface area contributed by atoms with Gasteiger partial charge in [-0.2, -0.15) is 11.8 Å². The van der Waals surface area contributed by atoms with Gasteiger partial charge in [-0.05, 0) is 42.8 Å². The number of benzene rings is 1. The Kier molecular flexibility index (Phi) is 7.32. The van der Waals surface area contributed by atoms with Gasteiger partial charge in [0.2, 0.25) is 0 Å². The zero-order valence-electron chi connectivity index (χ0n) is 13.0. The number of aryl methyl sites for hydroxylation is 1. The molecule has 3 heteroatoms. The van der Waals surface area contributed by atoms with Crippen molar-refractivity contribution in [3.63, 3.8) is 0 Å². The molecule has 0 radical (unpaired) electrons. The molecule has 1 N–H and O–H groups in total. The number of hydrogen-bond donors (Lipinski definition) is 1. The highest BCUT2D eigenvalue weighted by molar-refractivity contribution is 7.98. The summed E-state index contributed by atoms with van der Waals surface area (Å²) in [6.07, 6.45) is 2.16. The summed E-state index contributed by atoms with van der Waals surface area (Å²) in [5, 5.41) is 3.49. The summed E-state index contributed by atoms with van der Waals surface area (Å²) >= 11 is 1.90. The number of hydrogen-bond acceptors (Lipinski definition) is 3. The lowest BCUT2D eigenvalue weighted by Gasteiger charge is -2.21. The molecule has 0 saturated carbocycles. The maximum absolute atomic E-state index is 3.49. The van der Waals surface area contributed by atoms with Crippen LogP contribution in [-0.2, 0) is 6.54 Å². The predicted octanol–water partition coefficient (Wildman–Crippen LogP) is 3.54. The van der Waals surface area contributed by atoms with E-state index in [-0.39, 0.29) is 0 Å². The van der Waals surface area contributed by atoms with Gasteiger partial charge in [-0.25, -0.2) is 0 Å². The second-order valence-electron chi connectivity index (χ2n) is 5.56. The molecule has 0 atom stereocenters. The van der Waals surface area contributed by atoms with E-state index in [0.29, 0.717) is 5.92 Å². The Morgan fingerprint density at radius 3 is 2.63 bits per heavy atom. The second-order valence-corrected chi connectivity index (χ2v) is 6.55. The third kappa shape index (κ3) is 5.87. The summed E-state index contributed by atoms with van der Waals surface area (Å²) in [5.74, 6) is 1.88. The van der Waals surface area contributed by atoms with Gasteiger partial charge < -0.3 is 10.2 Å². The molecule has 0 unspecified atom stereocenters. The summed E-state index contributed by atoms with van der Waals surface area (Å²) < 4.78 is 0. The van der Waals surface area contributed by atoms with E-state index in [1.165, 1.54) is 22.6 Å². The summed E-state index contributed by atoms with van der Waals surface area (Å²) in [6.45, 7) is 9.83. The lowest BCUT2D eigenvalue weighted by atomic mass is 10.1. The van der Waals surface area contributed by atoms with Gasteiger partial charge in [0, 0.05) is 31.6 Å². The van der Waals surface area contributed by atoms with E-state index >= 15 is 0 Å². The molecule has 0 aliphatic carbocycles. The molecule has 0 saturated heterocycles. The smallest absolute Gasteiger partial charge is 0.0393 e. The predicted molar refractivity (Wildman–Crippen MR) is 89.4 cm³/mol. The third-order valence-electron chi connectivity index (χ3n) is 3.18. The largest absolute Gasteiger partial charge is 0.374 e. The Hall–Kier alpha value is -0.670. The van der Waals surface area contributed by atoms with E-state index in [1.807, 2.05) is 11.8 Å². The van der Waals surface area contributed by atoms with Gasteiger partial charge in [-0.1, -0.05) is 26.0 Å². The van der Waals surface area contributed by atoms with Crippen LogP contribution >= 0.6 is 11.8 Å². The van der Waals surface area contributed by atoms with E-state index in [1.54, 1.807) is 0 Å². The minimum Gasteiger partial charge on any atom is -0.374 e. The van der Waals surface area contributed by atoms with E-state index in [9.17, 15) is 0 Å². The van der Waals surface area contributed by atoms with Gasteiger partial charge in [0.05, 0.1) is 0 Å². The van der Waals surface area contributed by atoms with Crippen molar-refractivity contribution in [2.75, 3.05) is 37.0 Å². The van der Waals surface area contributed by atoms with Crippen molar-refractivity contribution in [3.8, 4) is 0 Å². The molecule has 1 aromatic rings. The Labute approximate surface area is 123 Å². The maximum Gasteiger partial charge on any atom is 0.0393 e. The first-order chi connectivity index (χ1) is 9.04. The standard InChI is InChI=1S/C16H28N2S/c1-13(2)11-17-12-15-6-7-16(14(3)10-15)18(4)8-9-19-5/h6-7,10,13,17H,8-9,11-12H2,1-5H3. The average molecular weight is 280 g/mol. The normalized spacial score (nSPS) is 11.1. The Morgan fingerprint density at radius 2 is 2.05 bits per heavy atom. The summed E-state index contributed by atoms with van der Waals surface area (Å²) in [4.78, 5) is 2.34. The number of rotatable bonds is 8. The van der Waals surface area contributed by atoms with Crippen LogP contribution in [0.1, 0.15) is 25.0 Å². The van der Waals surface area contributed by atoms with Crippen LogP contribution < -0.4 is 10.2 Å². The van der Waals surface area contributed by atoms with Gasteiger partial charge in [0.25, 0.3) is 0 Å². The van der Waals surface area contributed by atoms with Crippen molar-refractivity contribution < 1.29 is 0 Å². The molecule has 1 aromatic carbocycles. The fraction of sp³-hybridized carbons (Fsp3) is 0.625. The van der Waals surface area contributed by atoms with E-state index in [2.05, 4.69) is 62.5 Å². The molecule has 0 aliphatic rings. The van der Waals surface area contributed by atoms with Crippen LogP contribution in [0.3, 0.4) is 0 Å². The number of anilines is 1. The lowest BCUT2D eigenvalue weighted by molar-refractivity contribution is 0.552. The van der Waals surface area contributed by atoms with Crippen molar-refractivity contribution in [2.45, 2.75) is 27.3 Å². The first-order valence-electron chi connectivity index (χ1n) is 7.05. The molecule has 0 amide bonds. The molecule has 19 heavy (non-hydrogen) atoms. The van der Waals surface area contributed by atoms with Gasteiger partial charge in [-0.3, -0.25) is 0 Å². The van der Waals surface area contributed by atoms with Crippen LogP contribution in [0.15, 0.2) is 18.2 Å². The van der Waals surface area contributed by atoms with Gasteiger partial charge in [-0.15, -0.1) is 0 Å². The molecule has 1 rings (SSSR count). The maximum atomic E-state index is 3.49. The Bertz CT molecular complexity index is 377.